The topological polar surface area (TPSA) is 88.1 Å². The second kappa shape index (κ2) is 11.2. The van der Waals surface area contributed by atoms with E-state index >= 15 is 0 Å². The summed E-state index contributed by atoms with van der Waals surface area (Å²) in [6.45, 7) is 1.40. The van der Waals surface area contributed by atoms with Gasteiger partial charge in [0.15, 0.2) is 0 Å². The fraction of sp³-hybridized carbons (Fsp3) is 0.167. The zero-order chi connectivity index (χ0) is 23.8. The number of sulfonamides is 1. The fourth-order valence-electron chi connectivity index (χ4n) is 3.10. The molecule has 0 atom stereocenters. The summed E-state index contributed by atoms with van der Waals surface area (Å²) in [5, 5.41) is 3.95. The third-order valence-electron chi connectivity index (χ3n) is 4.71. The van der Waals surface area contributed by atoms with E-state index in [2.05, 4.69) is 26.5 Å². The number of methoxy groups -OCH3 is 1. The number of aryl methyl sites for hydroxylation is 1. The van der Waals surface area contributed by atoms with Gasteiger partial charge in [0, 0.05) is 11.0 Å². The van der Waals surface area contributed by atoms with Gasteiger partial charge in [-0.15, -0.1) is 0 Å². The van der Waals surface area contributed by atoms with Crippen LogP contribution < -0.4 is 10.2 Å². The molecule has 0 bridgehead atoms. The number of ether oxygens (including phenoxy) is 1. The van der Waals surface area contributed by atoms with E-state index in [-0.39, 0.29) is 17.2 Å². The predicted molar refractivity (Wildman–Crippen MR) is 132 cm³/mol. The Morgan fingerprint density at radius 1 is 1.09 bits per heavy atom. The molecule has 3 rings (SSSR count). The third-order valence-corrected chi connectivity index (χ3v) is 7.02. The minimum atomic E-state index is -4.05. The molecular weight excluding hydrogens is 506 g/mol. The highest BCUT2D eigenvalue weighted by atomic mass is 79.9. The van der Waals surface area contributed by atoms with Crippen LogP contribution in [0.2, 0.25) is 0 Å². The van der Waals surface area contributed by atoms with Gasteiger partial charge in [0.2, 0.25) is 10.0 Å². The Bertz CT molecular complexity index is 1250. The van der Waals surface area contributed by atoms with Gasteiger partial charge in [-0.05, 0) is 47.9 Å². The predicted octanol–water partition coefficient (Wildman–Crippen LogP) is 4.11. The number of benzene rings is 3. The largest absolute Gasteiger partial charge is 0.495 e. The van der Waals surface area contributed by atoms with Gasteiger partial charge < -0.3 is 4.74 Å². The van der Waals surface area contributed by atoms with Crippen molar-refractivity contribution in [3.05, 3.63) is 94.0 Å². The number of amides is 1. The van der Waals surface area contributed by atoms with Crippen LogP contribution >= 0.6 is 15.9 Å². The number of halogens is 1. The summed E-state index contributed by atoms with van der Waals surface area (Å²) in [6, 6.07) is 21.4. The van der Waals surface area contributed by atoms with Crippen LogP contribution in [0.3, 0.4) is 0 Å². The van der Waals surface area contributed by atoms with Crippen molar-refractivity contribution in [2.75, 3.05) is 13.7 Å². The van der Waals surface area contributed by atoms with Crippen molar-refractivity contribution >= 4 is 38.1 Å². The first-order chi connectivity index (χ1) is 15.8. The molecule has 33 heavy (non-hydrogen) atoms. The maximum Gasteiger partial charge on any atom is 0.255 e. The van der Waals surface area contributed by atoms with Gasteiger partial charge in [0.05, 0.1) is 19.9 Å². The van der Waals surface area contributed by atoms with Crippen LogP contribution in [0.25, 0.3) is 0 Å². The molecule has 0 fully saturated rings. The maximum absolute atomic E-state index is 13.6. The Morgan fingerprint density at radius 2 is 1.85 bits per heavy atom. The highest BCUT2D eigenvalue weighted by Crippen LogP contribution is 2.28. The molecule has 7 nitrogen and oxygen atoms in total. The van der Waals surface area contributed by atoms with Gasteiger partial charge in [-0.2, -0.15) is 9.41 Å². The summed E-state index contributed by atoms with van der Waals surface area (Å²) in [6.07, 6.45) is 1.49. The van der Waals surface area contributed by atoms with Crippen molar-refractivity contribution in [2.45, 2.75) is 18.4 Å². The zero-order valence-electron chi connectivity index (χ0n) is 18.2. The minimum Gasteiger partial charge on any atom is -0.495 e. The number of nitrogens with one attached hydrogen (secondary N) is 1. The molecule has 1 N–H and O–H groups in total. The number of hydrazone groups is 1. The van der Waals surface area contributed by atoms with Crippen LogP contribution in [-0.4, -0.2) is 38.5 Å². The van der Waals surface area contributed by atoms with Crippen molar-refractivity contribution in [3.8, 4) is 5.75 Å². The Labute approximate surface area is 202 Å². The van der Waals surface area contributed by atoms with Gasteiger partial charge in [0.25, 0.3) is 5.91 Å². The van der Waals surface area contributed by atoms with E-state index in [0.29, 0.717) is 0 Å². The molecule has 3 aromatic carbocycles. The molecule has 1 amide bonds. The minimum absolute atomic E-state index is 0.00590. The standard InChI is InChI=1S/C24H24BrN3O4S/c1-18-11-12-22(32-2)23(13-18)33(30,31)28(16-19-7-4-3-5-8-19)17-24(29)27-26-15-20-9-6-10-21(25)14-20/h3-15H,16-17H2,1-2H3,(H,27,29)/b26-15+. The Hall–Kier alpha value is -3.01. The molecule has 0 radical (unpaired) electrons. The molecule has 0 aliphatic rings. The lowest BCUT2D eigenvalue weighted by Gasteiger charge is -2.23. The number of hydrogen-bond donors (Lipinski definition) is 1. The number of hydrogen-bond acceptors (Lipinski definition) is 5. The molecule has 3 aromatic rings. The van der Waals surface area contributed by atoms with Crippen molar-refractivity contribution in [2.24, 2.45) is 5.10 Å². The average molecular weight is 530 g/mol. The van der Waals surface area contributed by atoms with Crippen LogP contribution in [0, 0.1) is 6.92 Å². The van der Waals surface area contributed by atoms with Gasteiger partial charge in [-0.25, -0.2) is 13.8 Å². The summed E-state index contributed by atoms with van der Waals surface area (Å²) in [4.78, 5) is 12.6. The molecule has 0 saturated carbocycles. The van der Waals surface area contributed by atoms with Gasteiger partial charge in [0.1, 0.15) is 10.6 Å². The second-order valence-electron chi connectivity index (χ2n) is 7.26. The Balaban J connectivity index is 1.85. The monoisotopic (exact) mass is 529 g/mol. The molecule has 172 valence electrons. The number of nitrogens with zero attached hydrogens (tertiary/aromatic N) is 2. The summed E-state index contributed by atoms with van der Waals surface area (Å²) in [5.41, 5.74) is 4.70. The van der Waals surface area contributed by atoms with Crippen LogP contribution in [0.5, 0.6) is 5.75 Å². The zero-order valence-corrected chi connectivity index (χ0v) is 20.6. The van der Waals surface area contributed by atoms with Crippen LogP contribution in [0.1, 0.15) is 16.7 Å². The third kappa shape index (κ3) is 6.74. The highest BCUT2D eigenvalue weighted by molar-refractivity contribution is 9.10. The van der Waals surface area contributed by atoms with Crippen LogP contribution in [0.4, 0.5) is 0 Å². The van der Waals surface area contributed by atoms with Gasteiger partial charge in [-0.3, -0.25) is 4.79 Å². The van der Waals surface area contributed by atoms with E-state index < -0.39 is 22.5 Å². The Morgan fingerprint density at radius 3 is 2.55 bits per heavy atom. The lowest BCUT2D eigenvalue weighted by molar-refractivity contribution is -0.121. The van der Waals surface area contributed by atoms with Crippen molar-refractivity contribution in [1.29, 1.82) is 0 Å². The quantitative estimate of drug-likeness (QED) is 0.333. The number of carbonyl (C=O) groups excluding carboxylic acids is 1. The van der Waals surface area contributed by atoms with Gasteiger partial charge in [-0.1, -0.05) is 64.5 Å². The second-order valence-corrected chi connectivity index (χ2v) is 10.1. The molecule has 0 aliphatic heterocycles. The molecule has 0 spiro atoms. The highest BCUT2D eigenvalue weighted by Gasteiger charge is 2.30. The van der Waals surface area contributed by atoms with Gasteiger partial charge >= 0.3 is 0 Å². The first-order valence-electron chi connectivity index (χ1n) is 10.1. The smallest absolute Gasteiger partial charge is 0.255 e. The van der Waals surface area contributed by atoms with E-state index in [4.69, 9.17) is 4.74 Å². The maximum atomic E-state index is 13.6. The number of rotatable bonds is 9. The van der Waals surface area contributed by atoms with E-state index in [1.165, 1.54) is 19.4 Å². The van der Waals surface area contributed by atoms with Crippen LogP contribution in [0.15, 0.2) is 87.3 Å². The molecular formula is C24H24BrN3O4S. The molecule has 0 aliphatic carbocycles. The van der Waals surface area contributed by atoms with Crippen molar-refractivity contribution < 1.29 is 17.9 Å². The Kier molecular flexibility index (Phi) is 8.37. The average Bonchev–Trinajstić information content (AvgIpc) is 2.79. The molecule has 0 unspecified atom stereocenters. The summed E-state index contributed by atoms with van der Waals surface area (Å²) >= 11 is 3.38. The van der Waals surface area contributed by atoms with E-state index in [1.54, 1.807) is 31.2 Å². The molecule has 9 heteroatoms. The van der Waals surface area contributed by atoms with E-state index in [9.17, 15) is 13.2 Å². The van der Waals surface area contributed by atoms with E-state index in [1.807, 2.05) is 42.5 Å². The molecule has 0 heterocycles. The summed E-state index contributed by atoms with van der Waals surface area (Å²) in [7, 11) is -2.64. The summed E-state index contributed by atoms with van der Waals surface area (Å²) < 4.78 is 34.4. The first kappa shape index (κ1) is 24.6. The summed E-state index contributed by atoms with van der Waals surface area (Å²) in [5.74, 6) is -0.348. The van der Waals surface area contributed by atoms with Crippen molar-refractivity contribution in [1.82, 2.24) is 9.73 Å². The SMILES string of the molecule is COc1ccc(C)cc1S(=O)(=O)N(CC(=O)N/N=C/c1cccc(Br)c1)Cc1ccccc1. The van der Waals surface area contributed by atoms with E-state index in [0.717, 1.165) is 25.5 Å². The van der Waals surface area contributed by atoms with Crippen molar-refractivity contribution in [3.63, 3.8) is 0 Å². The first-order valence-corrected chi connectivity index (χ1v) is 12.3. The lowest BCUT2D eigenvalue weighted by Crippen LogP contribution is -2.39. The molecule has 0 aromatic heterocycles. The van der Waals surface area contributed by atoms with Crippen LogP contribution in [-0.2, 0) is 21.4 Å². The fourth-order valence-corrected chi connectivity index (χ4v) is 5.14. The number of carbonyl (C=O) groups is 1. The normalized spacial score (nSPS) is 11.6. The molecule has 0 saturated heterocycles. The lowest BCUT2D eigenvalue weighted by atomic mass is 10.2.